The molecule has 0 bridgehead atoms. The van der Waals surface area contributed by atoms with Crippen LogP contribution in [0.4, 0.5) is 5.82 Å². The van der Waals surface area contributed by atoms with E-state index < -0.39 is 0 Å². The quantitative estimate of drug-likeness (QED) is 0.712. The van der Waals surface area contributed by atoms with E-state index in [1.807, 2.05) is 6.07 Å². The predicted octanol–water partition coefficient (Wildman–Crippen LogP) is 1.20. The first kappa shape index (κ1) is 12.4. The molecule has 0 amide bonds. The fraction of sp³-hybridized carbons (Fsp3) is 0.571. The summed E-state index contributed by atoms with van der Waals surface area (Å²) in [6, 6.07) is 5.81. The van der Waals surface area contributed by atoms with Crippen molar-refractivity contribution in [1.82, 2.24) is 4.98 Å². The second-order valence-electron chi connectivity index (χ2n) is 5.21. The highest BCUT2D eigenvalue weighted by molar-refractivity contribution is 5.53. The van der Waals surface area contributed by atoms with Crippen molar-refractivity contribution >= 4 is 5.82 Å². The maximum absolute atomic E-state index is 9.13. The Balaban J connectivity index is 1.72. The number of hydrogen-bond acceptors (Lipinski definition) is 4. The van der Waals surface area contributed by atoms with Gasteiger partial charge in [0.2, 0.25) is 0 Å². The standard InChI is InChI=1S/C14H17N3O2/c1-11-10-18-14(19-11)4-7-17(8-5-14)13-12(9-15)3-2-6-16-13/h2-3,6,11H,4-5,7-8,10H2,1H3/p+1/t11-/m0/s1. The SMILES string of the molecule is C[C@H]1COC2(CCN(c3ncccc3C#N)CC2)[OH+]1. The molecule has 2 saturated heterocycles. The lowest BCUT2D eigenvalue weighted by molar-refractivity contribution is -0.272. The molecule has 2 aliphatic heterocycles. The van der Waals surface area contributed by atoms with E-state index in [-0.39, 0.29) is 5.79 Å². The third kappa shape index (κ3) is 2.29. The zero-order chi connectivity index (χ0) is 13.3. The molecule has 5 heteroatoms. The highest BCUT2D eigenvalue weighted by atomic mass is 16.7. The smallest absolute Gasteiger partial charge is 0.278 e. The molecule has 0 aliphatic carbocycles. The van der Waals surface area contributed by atoms with Crippen molar-refractivity contribution in [2.24, 2.45) is 0 Å². The average molecular weight is 260 g/mol. The molecule has 19 heavy (non-hydrogen) atoms. The van der Waals surface area contributed by atoms with E-state index in [4.69, 9.17) is 14.7 Å². The van der Waals surface area contributed by atoms with Gasteiger partial charge in [-0.15, -0.1) is 0 Å². The van der Waals surface area contributed by atoms with Crippen LogP contribution in [0.1, 0.15) is 25.3 Å². The number of nitriles is 1. The van der Waals surface area contributed by atoms with Gasteiger partial charge in [0.1, 0.15) is 18.5 Å². The number of aromatic nitrogens is 1. The summed E-state index contributed by atoms with van der Waals surface area (Å²) in [6.07, 6.45) is 3.78. The van der Waals surface area contributed by atoms with Crippen molar-refractivity contribution in [1.29, 1.82) is 5.26 Å². The van der Waals surface area contributed by atoms with Crippen molar-refractivity contribution in [3.8, 4) is 6.07 Å². The maximum atomic E-state index is 9.13. The number of anilines is 1. The monoisotopic (exact) mass is 260 g/mol. The van der Waals surface area contributed by atoms with E-state index in [1.54, 1.807) is 12.3 Å². The molecule has 0 unspecified atom stereocenters. The molecule has 3 heterocycles. The van der Waals surface area contributed by atoms with Crippen LogP contribution < -0.4 is 4.90 Å². The molecule has 1 atom stereocenters. The van der Waals surface area contributed by atoms with Crippen LogP contribution in [0.2, 0.25) is 0 Å². The van der Waals surface area contributed by atoms with Gasteiger partial charge in [0.25, 0.3) is 5.79 Å². The first-order chi connectivity index (χ1) is 9.22. The van der Waals surface area contributed by atoms with Gasteiger partial charge in [-0.3, -0.25) is 0 Å². The number of rotatable bonds is 1. The molecule has 5 nitrogen and oxygen atoms in total. The fourth-order valence-electron chi connectivity index (χ4n) is 2.83. The molecule has 100 valence electrons. The van der Waals surface area contributed by atoms with Crippen LogP contribution in [0.3, 0.4) is 0 Å². The molecule has 0 radical (unpaired) electrons. The molecule has 0 aromatic carbocycles. The molecule has 2 aliphatic rings. The zero-order valence-electron chi connectivity index (χ0n) is 11.0. The fourth-order valence-corrected chi connectivity index (χ4v) is 2.83. The molecular weight excluding hydrogens is 242 g/mol. The van der Waals surface area contributed by atoms with Gasteiger partial charge in [-0.2, -0.15) is 5.26 Å². The first-order valence-corrected chi connectivity index (χ1v) is 6.68. The highest BCUT2D eigenvalue weighted by Gasteiger charge is 2.48. The summed E-state index contributed by atoms with van der Waals surface area (Å²) in [5.74, 6) is 0.503. The van der Waals surface area contributed by atoms with Crippen LogP contribution in [0, 0.1) is 11.3 Å². The van der Waals surface area contributed by atoms with Crippen LogP contribution in [0.25, 0.3) is 0 Å². The third-order valence-electron chi connectivity index (χ3n) is 3.80. The molecule has 2 fully saturated rings. The van der Waals surface area contributed by atoms with E-state index in [9.17, 15) is 0 Å². The minimum absolute atomic E-state index is 0.280. The molecule has 1 aromatic heterocycles. The molecule has 0 saturated carbocycles. The Hall–Kier alpha value is -1.64. The number of pyridine rings is 1. The largest absolute Gasteiger partial charge is 0.404 e. The van der Waals surface area contributed by atoms with Crippen LogP contribution in [-0.2, 0) is 4.74 Å². The predicted molar refractivity (Wildman–Crippen MR) is 70.8 cm³/mol. The molecule has 1 aromatic rings. The Labute approximate surface area is 112 Å². The van der Waals surface area contributed by atoms with Gasteiger partial charge in [-0.1, -0.05) is 0 Å². The van der Waals surface area contributed by atoms with Gasteiger partial charge in [0, 0.05) is 26.2 Å². The summed E-state index contributed by atoms with van der Waals surface area (Å²) < 4.78 is 10.6. The number of hydrogen-bond donors (Lipinski definition) is 0. The van der Waals surface area contributed by atoms with E-state index >= 15 is 0 Å². The number of nitrogens with zero attached hydrogens (tertiary/aromatic N) is 3. The molecular formula is C14H18N3O2+. The van der Waals surface area contributed by atoms with Gasteiger partial charge in [0.15, 0.2) is 6.10 Å². The summed E-state index contributed by atoms with van der Waals surface area (Å²) in [5, 5.41) is 9.13. The second-order valence-corrected chi connectivity index (χ2v) is 5.21. The Morgan fingerprint density at radius 2 is 2.32 bits per heavy atom. The topological polar surface area (TPSA) is 62.0 Å². The van der Waals surface area contributed by atoms with Gasteiger partial charge in [-0.25, -0.2) is 4.98 Å². The van der Waals surface area contributed by atoms with Gasteiger partial charge in [0.05, 0.1) is 18.4 Å². The van der Waals surface area contributed by atoms with Crippen molar-refractivity contribution in [2.75, 3.05) is 24.6 Å². The van der Waals surface area contributed by atoms with Gasteiger partial charge in [-0.05, 0) is 12.1 Å². The number of piperidine rings is 1. The van der Waals surface area contributed by atoms with Crippen molar-refractivity contribution in [3.63, 3.8) is 0 Å². The third-order valence-corrected chi connectivity index (χ3v) is 3.80. The Bertz CT molecular complexity index is 504. The first-order valence-electron chi connectivity index (χ1n) is 6.68. The zero-order valence-corrected chi connectivity index (χ0v) is 11.0. The summed E-state index contributed by atoms with van der Waals surface area (Å²) >= 11 is 0. The Morgan fingerprint density at radius 1 is 1.53 bits per heavy atom. The van der Waals surface area contributed by atoms with E-state index in [1.165, 1.54) is 0 Å². The van der Waals surface area contributed by atoms with E-state index in [0.717, 1.165) is 38.4 Å². The van der Waals surface area contributed by atoms with Crippen LogP contribution in [0.5, 0.6) is 0 Å². The summed E-state index contributed by atoms with van der Waals surface area (Å²) in [5.41, 5.74) is 0.635. The minimum atomic E-state index is -0.280. The van der Waals surface area contributed by atoms with Crippen LogP contribution in [-0.4, -0.2) is 41.3 Å². The lowest BCUT2D eigenvalue weighted by Gasteiger charge is -2.35. The van der Waals surface area contributed by atoms with Gasteiger partial charge >= 0.3 is 0 Å². The molecule has 1 spiro atoms. The normalized spacial score (nSPS) is 25.5. The van der Waals surface area contributed by atoms with Crippen LogP contribution in [0.15, 0.2) is 18.3 Å². The number of ether oxygens (including phenoxy) is 2. The Kier molecular flexibility index (Phi) is 3.13. The molecule has 1 N–H and O–H groups in total. The second kappa shape index (κ2) is 4.80. The molecule has 3 rings (SSSR count). The average Bonchev–Trinajstić information content (AvgIpc) is 2.81. The summed E-state index contributed by atoms with van der Waals surface area (Å²) in [4.78, 5) is 6.49. The highest BCUT2D eigenvalue weighted by Crippen LogP contribution is 2.33. The number of aliphatic hydroxyl groups is 2. The van der Waals surface area contributed by atoms with E-state index in [0.29, 0.717) is 11.7 Å². The maximum Gasteiger partial charge on any atom is 0.278 e. The van der Waals surface area contributed by atoms with E-state index in [2.05, 4.69) is 22.9 Å². The van der Waals surface area contributed by atoms with Crippen molar-refractivity contribution < 1.29 is 9.47 Å². The van der Waals surface area contributed by atoms with Crippen molar-refractivity contribution in [2.45, 2.75) is 31.7 Å². The Morgan fingerprint density at radius 3 is 2.95 bits per heavy atom. The summed E-state index contributed by atoms with van der Waals surface area (Å²) in [6.45, 7) is 4.49. The lowest BCUT2D eigenvalue weighted by atomic mass is 10.0. The lowest BCUT2D eigenvalue weighted by Crippen LogP contribution is -2.47. The minimum Gasteiger partial charge on any atom is -0.404 e. The van der Waals surface area contributed by atoms with Crippen LogP contribution >= 0.6 is 0 Å². The van der Waals surface area contributed by atoms with Gasteiger partial charge < -0.3 is 14.4 Å². The summed E-state index contributed by atoms with van der Waals surface area (Å²) in [7, 11) is 0. The van der Waals surface area contributed by atoms with Crippen molar-refractivity contribution in [3.05, 3.63) is 23.9 Å².